The predicted molar refractivity (Wildman–Crippen MR) is 55.0 cm³/mol. The van der Waals surface area contributed by atoms with Gasteiger partial charge in [0.25, 0.3) is 0 Å². The van der Waals surface area contributed by atoms with Crippen LogP contribution in [-0.2, 0) is 0 Å². The minimum absolute atomic E-state index is 0.291. The van der Waals surface area contributed by atoms with Crippen LogP contribution in [0.2, 0.25) is 0 Å². The molecule has 0 aliphatic carbocycles. The maximum absolute atomic E-state index is 10.7. The number of carboxylic acid groups (broad SMARTS) is 1. The van der Waals surface area contributed by atoms with Crippen LogP contribution in [0, 0.1) is 0 Å². The molecule has 2 aromatic rings. The molecule has 2 rings (SSSR count). The second kappa shape index (κ2) is 3.74. The molecule has 0 radical (unpaired) electrons. The molecule has 15 heavy (non-hydrogen) atoms. The van der Waals surface area contributed by atoms with Gasteiger partial charge in [-0.05, 0) is 6.07 Å². The van der Waals surface area contributed by atoms with Crippen molar-refractivity contribution >= 4 is 17.3 Å². The summed E-state index contributed by atoms with van der Waals surface area (Å²) in [7, 11) is 1.55. The van der Waals surface area contributed by atoms with Gasteiger partial charge in [-0.15, -0.1) is 11.3 Å². The summed E-state index contributed by atoms with van der Waals surface area (Å²) in [5.74, 6) is -0.288. The first-order chi connectivity index (χ1) is 7.20. The molecule has 0 amide bonds. The standard InChI is InChI=1S/C9H8N2O3S/c1-14-7-3-10-11(4-7)6-2-8(9(12)13)15-5-6/h2-5H,1H3,(H,12,13). The van der Waals surface area contributed by atoms with Crippen LogP contribution in [0.4, 0.5) is 0 Å². The van der Waals surface area contributed by atoms with E-state index in [-0.39, 0.29) is 0 Å². The summed E-state index contributed by atoms with van der Waals surface area (Å²) in [6.45, 7) is 0. The highest BCUT2D eigenvalue weighted by Crippen LogP contribution is 2.19. The van der Waals surface area contributed by atoms with E-state index in [1.165, 1.54) is 11.3 Å². The van der Waals surface area contributed by atoms with Gasteiger partial charge in [-0.2, -0.15) is 5.10 Å². The van der Waals surface area contributed by atoms with Gasteiger partial charge in [-0.1, -0.05) is 0 Å². The molecule has 1 N–H and O–H groups in total. The highest BCUT2D eigenvalue weighted by molar-refractivity contribution is 7.12. The lowest BCUT2D eigenvalue weighted by molar-refractivity contribution is 0.0702. The largest absolute Gasteiger partial charge is 0.493 e. The fraction of sp³-hybridized carbons (Fsp3) is 0.111. The molecule has 0 aliphatic rings. The first kappa shape index (κ1) is 9.72. The van der Waals surface area contributed by atoms with Crippen molar-refractivity contribution in [3.05, 3.63) is 28.7 Å². The van der Waals surface area contributed by atoms with Crippen molar-refractivity contribution < 1.29 is 14.6 Å². The Bertz CT molecular complexity index is 489. The van der Waals surface area contributed by atoms with E-state index < -0.39 is 5.97 Å². The number of ether oxygens (including phenoxy) is 1. The zero-order valence-electron chi connectivity index (χ0n) is 7.88. The van der Waals surface area contributed by atoms with Crippen LogP contribution in [0.3, 0.4) is 0 Å². The van der Waals surface area contributed by atoms with E-state index in [9.17, 15) is 4.79 Å². The zero-order valence-corrected chi connectivity index (χ0v) is 8.69. The maximum atomic E-state index is 10.7. The van der Waals surface area contributed by atoms with Crippen LogP contribution in [0.1, 0.15) is 9.67 Å². The minimum atomic E-state index is -0.926. The van der Waals surface area contributed by atoms with E-state index >= 15 is 0 Å². The topological polar surface area (TPSA) is 64.4 Å². The number of hydrogen-bond donors (Lipinski definition) is 1. The van der Waals surface area contributed by atoms with Gasteiger partial charge in [-0.3, -0.25) is 0 Å². The molecule has 0 unspecified atom stereocenters. The summed E-state index contributed by atoms with van der Waals surface area (Å²) in [4.78, 5) is 11.0. The van der Waals surface area contributed by atoms with Crippen molar-refractivity contribution in [2.45, 2.75) is 0 Å². The minimum Gasteiger partial charge on any atom is -0.493 e. The van der Waals surface area contributed by atoms with E-state index in [0.717, 1.165) is 5.69 Å². The Kier molecular flexibility index (Phi) is 2.42. The fourth-order valence-corrected chi connectivity index (χ4v) is 1.82. The van der Waals surface area contributed by atoms with Crippen LogP contribution in [0.5, 0.6) is 5.75 Å². The van der Waals surface area contributed by atoms with E-state index in [1.54, 1.807) is 35.6 Å². The van der Waals surface area contributed by atoms with Crippen molar-refractivity contribution in [3.8, 4) is 11.4 Å². The Hall–Kier alpha value is -1.82. The molecule has 0 aliphatic heterocycles. The summed E-state index contributed by atoms with van der Waals surface area (Å²) in [5.41, 5.74) is 0.723. The Morgan fingerprint density at radius 3 is 3.00 bits per heavy atom. The summed E-state index contributed by atoms with van der Waals surface area (Å²) in [6.07, 6.45) is 3.26. The van der Waals surface area contributed by atoms with E-state index in [4.69, 9.17) is 9.84 Å². The second-order valence-corrected chi connectivity index (χ2v) is 3.71. The molecular weight excluding hydrogens is 216 g/mol. The number of carbonyl (C=O) groups is 1. The third-order valence-electron chi connectivity index (χ3n) is 1.86. The van der Waals surface area contributed by atoms with Gasteiger partial charge in [0.05, 0.1) is 25.2 Å². The highest BCUT2D eigenvalue weighted by atomic mass is 32.1. The lowest BCUT2D eigenvalue weighted by Crippen LogP contribution is -1.93. The number of rotatable bonds is 3. The van der Waals surface area contributed by atoms with Gasteiger partial charge in [0, 0.05) is 5.38 Å². The van der Waals surface area contributed by atoms with Crippen molar-refractivity contribution in [1.29, 1.82) is 0 Å². The monoisotopic (exact) mass is 224 g/mol. The Morgan fingerprint density at radius 1 is 1.67 bits per heavy atom. The first-order valence-corrected chi connectivity index (χ1v) is 4.99. The van der Waals surface area contributed by atoms with Crippen molar-refractivity contribution in [3.63, 3.8) is 0 Å². The lowest BCUT2D eigenvalue weighted by Gasteiger charge is -1.94. The normalized spacial score (nSPS) is 10.2. The third-order valence-corrected chi connectivity index (χ3v) is 2.76. The van der Waals surface area contributed by atoms with Gasteiger partial charge in [0.15, 0.2) is 5.75 Å². The number of nitrogens with zero attached hydrogens (tertiary/aromatic N) is 2. The van der Waals surface area contributed by atoms with Crippen LogP contribution in [-0.4, -0.2) is 28.0 Å². The molecule has 0 atom stereocenters. The Morgan fingerprint density at radius 2 is 2.47 bits per heavy atom. The molecule has 0 aromatic carbocycles. The average Bonchev–Trinajstić information content (AvgIpc) is 2.86. The maximum Gasteiger partial charge on any atom is 0.345 e. The Labute approximate surface area is 89.5 Å². The quantitative estimate of drug-likeness (QED) is 0.860. The van der Waals surface area contributed by atoms with Crippen LogP contribution >= 0.6 is 11.3 Å². The number of aromatic carboxylic acids is 1. The van der Waals surface area contributed by atoms with Crippen molar-refractivity contribution in [1.82, 2.24) is 9.78 Å². The van der Waals surface area contributed by atoms with E-state index in [2.05, 4.69) is 5.10 Å². The average molecular weight is 224 g/mol. The first-order valence-electron chi connectivity index (χ1n) is 4.11. The number of thiophene rings is 1. The van der Waals surface area contributed by atoms with Crippen molar-refractivity contribution in [2.24, 2.45) is 0 Å². The van der Waals surface area contributed by atoms with Gasteiger partial charge >= 0.3 is 5.97 Å². The predicted octanol–water partition coefficient (Wildman–Crippen LogP) is 1.64. The van der Waals surface area contributed by atoms with Crippen LogP contribution < -0.4 is 4.74 Å². The number of carboxylic acids is 1. The summed E-state index contributed by atoms with van der Waals surface area (Å²) in [5, 5.41) is 14.5. The fourth-order valence-electron chi connectivity index (χ4n) is 1.11. The SMILES string of the molecule is COc1cnn(-c2csc(C(=O)O)c2)c1. The van der Waals surface area contributed by atoms with Crippen molar-refractivity contribution in [2.75, 3.05) is 7.11 Å². The summed E-state index contributed by atoms with van der Waals surface area (Å²) < 4.78 is 6.55. The molecule has 2 heterocycles. The second-order valence-electron chi connectivity index (χ2n) is 2.80. The van der Waals surface area contributed by atoms with Crippen LogP contribution in [0.15, 0.2) is 23.8 Å². The number of hydrogen-bond acceptors (Lipinski definition) is 4. The van der Waals surface area contributed by atoms with E-state index in [0.29, 0.717) is 10.6 Å². The number of methoxy groups -OCH3 is 1. The molecule has 6 heteroatoms. The van der Waals surface area contributed by atoms with Gasteiger partial charge in [0.1, 0.15) is 4.88 Å². The van der Waals surface area contributed by atoms with Gasteiger partial charge in [-0.25, -0.2) is 9.48 Å². The lowest BCUT2D eigenvalue weighted by atomic mass is 10.4. The summed E-state index contributed by atoms with van der Waals surface area (Å²) >= 11 is 1.17. The smallest absolute Gasteiger partial charge is 0.345 e. The molecule has 0 spiro atoms. The molecule has 5 nitrogen and oxygen atoms in total. The van der Waals surface area contributed by atoms with Gasteiger partial charge < -0.3 is 9.84 Å². The number of aromatic nitrogens is 2. The third kappa shape index (κ3) is 1.84. The van der Waals surface area contributed by atoms with Crippen LogP contribution in [0.25, 0.3) is 5.69 Å². The molecule has 0 bridgehead atoms. The molecule has 0 fully saturated rings. The molecule has 0 saturated heterocycles. The van der Waals surface area contributed by atoms with Gasteiger partial charge in [0.2, 0.25) is 0 Å². The molecule has 2 aromatic heterocycles. The molecular formula is C9H8N2O3S. The zero-order chi connectivity index (χ0) is 10.8. The molecule has 0 saturated carbocycles. The highest BCUT2D eigenvalue weighted by Gasteiger charge is 2.08. The van der Waals surface area contributed by atoms with E-state index in [1.807, 2.05) is 0 Å². The summed E-state index contributed by atoms with van der Waals surface area (Å²) in [6, 6.07) is 1.57. The molecule has 78 valence electrons. The Balaban J connectivity index is 2.32.